The highest BCUT2D eigenvalue weighted by Crippen LogP contribution is 2.23. The monoisotopic (exact) mass is 350 g/mol. The molecule has 1 aromatic heterocycles. The summed E-state index contributed by atoms with van der Waals surface area (Å²) < 4.78 is 0. The van der Waals surface area contributed by atoms with Gasteiger partial charge in [-0.2, -0.15) is 0 Å². The number of aromatic nitrogens is 2. The van der Waals surface area contributed by atoms with Crippen molar-refractivity contribution in [1.82, 2.24) is 14.9 Å². The lowest BCUT2D eigenvalue weighted by molar-refractivity contribution is 0.203. The van der Waals surface area contributed by atoms with Gasteiger partial charge in [0.15, 0.2) is 0 Å². The summed E-state index contributed by atoms with van der Waals surface area (Å²) in [7, 11) is 2.05. The second kappa shape index (κ2) is 7.47. The first kappa shape index (κ1) is 16.5. The minimum atomic E-state index is 0.457. The molecule has 4 nitrogen and oxygen atoms in total. The number of hydrogen-bond donors (Lipinski definition) is 0. The lowest BCUT2D eigenvalue weighted by Crippen LogP contribution is -2.43. The second-order valence-electron chi connectivity index (χ2n) is 5.91. The third kappa shape index (κ3) is 4.14. The maximum Gasteiger partial charge on any atom is 0.225 e. The normalized spacial score (nSPS) is 16.5. The molecule has 3 rings (SSSR count). The van der Waals surface area contributed by atoms with Gasteiger partial charge in [0, 0.05) is 37.7 Å². The first-order valence-corrected chi connectivity index (χ1v) is 8.55. The van der Waals surface area contributed by atoms with Crippen LogP contribution in [0, 0.1) is 0 Å². The van der Waals surface area contributed by atoms with E-state index in [0.717, 1.165) is 43.4 Å². The van der Waals surface area contributed by atoms with Crippen LogP contribution < -0.4 is 4.90 Å². The number of piperidine rings is 1. The van der Waals surface area contributed by atoms with E-state index in [1.54, 1.807) is 12.4 Å². The van der Waals surface area contributed by atoms with E-state index < -0.39 is 0 Å². The summed E-state index contributed by atoms with van der Waals surface area (Å²) in [6.45, 7) is 3.01. The van der Waals surface area contributed by atoms with Gasteiger partial charge < -0.3 is 4.90 Å². The van der Waals surface area contributed by atoms with Gasteiger partial charge >= 0.3 is 0 Å². The molecule has 0 amide bonds. The summed E-state index contributed by atoms with van der Waals surface area (Å²) in [5, 5.41) is 1.41. The van der Waals surface area contributed by atoms with Crippen molar-refractivity contribution < 1.29 is 0 Å². The van der Waals surface area contributed by atoms with Gasteiger partial charge in [-0.3, -0.25) is 4.90 Å². The van der Waals surface area contributed by atoms with Crippen molar-refractivity contribution in [3.05, 3.63) is 52.3 Å². The topological polar surface area (TPSA) is 32.3 Å². The van der Waals surface area contributed by atoms with Crippen molar-refractivity contribution in [2.75, 3.05) is 25.0 Å². The summed E-state index contributed by atoms with van der Waals surface area (Å²) in [5.41, 5.74) is 1.20. The highest BCUT2D eigenvalue weighted by atomic mass is 35.5. The Morgan fingerprint density at radius 3 is 2.43 bits per heavy atom. The molecule has 0 N–H and O–H groups in total. The predicted molar refractivity (Wildman–Crippen MR) is 95.2 cm³/mol. The van der Waals surface area contributed by atoms with E-state index in [2.05, 4.69) is 32.9 Å². The van der Waals surface area contributed by atoms with E-state index >= 15 is 0 Å². The molecule has 0 spiro atoms. The molecule has 0 unspecified atom stereocenters. The van der Waals surface area contributed by atoms with Crippen molar-refractivity contribution in [2.24, 2.45) is 0 Å². The van der Waals surface area contributed by atoms with Gasteiger partial charge in [0.25, 0.3) is 0 Å². The van der Waals surface area contributed by atoms with Crippen molar-refractivity contribution in [3.8, 4) is 0 Å². The zero-order valence-electron chi connectivity index (χ0n) is 13.1. The molecule has 0 bridgehead atoms. The van der Waals surface area contributed by atoms with Crippen LogP contribution in [0.25, 0.3) is 0 Å². The Kier molecular flexibility index (Phi) is 5.36. The number of benzene rings is 1. The van der Waals surface area contributed by atoms with Crippen molar-refractivity contribution >= 4 is 29.2 Å². The van der Waals surface area contributed by atoms with Crippen LogP contribution in [0.2, 0.25) is 10.0 Å². The van der Waals surface area contributed by atoms with Crippen molar-refractivity contribution in [3.63, 3.8) is 0 Å². The highest BCUT2D eigenvalue weighted by Gasteiger charge is 2.24. The summed E-state index contributed by atoms with van der Waals surface area (Å²) >= 11 is 12.1. The van der Waals surface area contributed by atoms with Crippen LogP contribution in [0.4, 0.5) is 5.95 Å². The van der Waals surface area contributed by atoms with Gasteiger partial charge in [-0.05, 0) is 24.5 Å². The van der Waals surface area contributed by atoms with E-state index in [1.165, 1.54) is 5.56 Å². The molecule has 2 heterocycles. The van der Waals surface area contributed by atoms with E-state index in [0.29, 0.717) is 11.1 Å². The quantitative estimate of drug-likeness (QED) is 0.837. The number of rotatable bonds is 4. The Labute approximate surface area is 147 Å². The molecule has 0 aliphatic carbocycles. The molecular weight excluding hydrogens is 331 g/mol. The van der Waals surface area contributed by atoms with Crippen molar-refractivity contribution in [1.29, 1.82) is 0 Å². The number of likely N-dealkylation sites (tertiary alicyclic amines) is 1. The molecule has 122 valence electrons. The SMILES string of the molecule is CN(c1ncc(Cl)cn1)C1CCN(Cc2ccccc2Cl)CC1. The van der Waals surface area contributed by atoms with Gasteiger partial charge in [-0.1, -0.05) is 41.4 Å². The van der Waals surface area contributed by atoms with Crippen LogP contribution in [-0.2, 0) is 6.54 Å². The number of hydrogen-bond acceptors (Lipinski definition) is 4. The Morgan fingerprint density at radius 1 is 1.13 bits per heavy atom. The smallest absolute Gasteiger partial charge is 0.225 e. The lowest BCUT2D eigenvalue weighted by atomic mass is 10.0. The largest absolute Gasteiger partial charge is 0.341 e. The fourth-order valence-corrected chi connectivity index (χ4v) is 3.28. The Hall–Kier alpha value is -1.36. The molecule has 0 atom stereocenters. The zero-order valence-corrected chi connectivity index (χ0v) is 14.6. The summed E-state index contributed by atoms with van der Waals surface area (Å²) in [6.07, 6.45) is 5.47. The average molecular weight is 351 g/mol. The van der Waals surface area contributed by atoms with Gasteiger partial charge in [0.2, 0.25) is 5.95 Å². The fourth-order valence-electron chi connectivity index (χ4n) is 2.98. The van der Waals surface area contributed by atoms with Crippen LogP contribution in [-0.4, -0.2) is 41.0 Å². The van der Waals surface area contributed by atoms with Crippen LogP contribution in [0.5, 0.6) is 0 Å². The molecule has 1 fully saturated rings. The maximum atomic E-state index is 6.25. The number of nitrogens with zero attached hydrogens (tertiary/aromatic N) is 4. The molecule has 1 aliphatic rings. The van der Waals surface area contributed by atoms with Gasteiger partial charge in [0.05, 0.1) is 17.4 Å². The third-order valence-corrected chi connectivity index (χ3v) is 4.94. The van der Waals surface area contributed by atoms with Crippen LogP contribution >= 0.6 is 23.2 Å². The van der Waals surface area contributed by atoms with Gasteiger partial charge in [-0.25, -0.2) is 9.97 Å². The molecule has 1 aromatic carbocycles. The standard InChI is InChI=1S/C17H20Cl2N4/c1-22(17-20-10-14(18)11-21-17)15-6-8-23(9-7-15)12-13-4-2-3-5-16(13)19/h2-5,10-11,15H,6-9,12H2,1H3. The Balaban J connectivity index is 1.56. The summed E-state index contributed by atoms with van der Waals surface area (Å²) in [4.78, 5) is 13.2. The Morgan fingerprint density at radius 2 is 1.78 bits per heavy atom. The van der Waals surface area contributed by atoms with E-state index in [-0.39, 0.29) is 0 Å². The minimum Gasteiger partial charge on any atom is -0.341 e. The predicted octanol–water partition coefficient (Wildman–Crippen LogP) is 3.88. The second-order valence-corrected chi connectivity index (χ2v) is 6.75. The number of anilines is 1. The van der Waals surface area contributed by atoms with Crippen LogP contribution in [0.15, 0.2) is 36.7 Å². The summed E-state index contributed by atoms with van der Waals surface area (Å²) in [5.74, 6) is 0.735. The average Bonchev–Trinajstić information content (AvgIpc) is 2.58. The molecule has 1 aliphatic heterocycles. The first-order chi connectivity index (χ1) is 11.1. The fraction of sp³-hybridized carbons (Fsp3) is 0.412. The molecule has 1 saturated heterocycles. The van der Waals surface area contributed by atoms with E-state index in [9.17, 15) is 0 Å². The van der Waals surface area contributed by atoms with E-state index in [1.807, 2.05) is 18.2 Å². The van der Waals surface area contributed by atoms with Gasteiger partial charge in [0.1, 0.15) is 0 Å². The Bertz CT molecular complexity index is 639. The maximum absolute atomic E-state index is 6.25. The van der Waals surface area contributed by atoms with Crippen LogP contribution in [0.1, 0.15) is 18.4 Å². The molecule has 0 radical (unpaired) electrons. The molecular formula is C17H20Cl2N4. The molecule has 2 aromatic rings. The van der Waals surface area contributed by atoms with E-state index in [4.69, 9.17) is 23.2 Å². The minimum absolute atomic E-state index is 0.457. The molecule has 6 heteroatoms. The first-order valence-electron chi connectivity index (χ1n) is 7.79. The van der Waals surface area contributed by atoms with Gasteiger partial charge in [-0.15, -0.1) is 0 Å². The molecule has 0 saturated carbocycles. The zero-order chi connectivity index (χ0) is 16.2. The summed E-state index contributed by atoms with van der Waals surface area (Å²) in [6, 6.07) is 8.52. The lowest BCUT2D eigenvalue weighted by Gasteiger charge is -2.36. The highest BCUT2D eigenvalue weighted by molar-refractivity contribution is 6.31. The number of halogens is 2. The van der Waals surface area contributed by atoms with Crippen LogP contribution in [0.3, 0.4) is 0 Å². The van der Waals surface area contributed by atoms with Crippen molar-refractivity contribution in [2.45, 2.75) is 25.4 Å². The molecule has 23 heavy (non-hydrogen) atoms. The third-order valence-electron chi connectivity index (χ3n) is 4.38.